The van der Waals surface area contributed by atoms with E-state index in [4.69, 9.17) is 0 Å². The van der Waals surface area contributed by atoms with Crippen LogP contribution in [0.3, 0.4) is 0 Å². The second kappa shape index (κ2) is 9.75. The maximum Gasteiger partial charge on any atom is 0.227 e. The summed E-state index contributed by atoms with van der Waals surface area (Å²) in [4.78, 5) is 24.0. The second-order valence-electron chi connectivity index (χ2n) is 8.62. The van der Waals surface area contributed by atoms with Gasteiger partial charge in [0.25, 0.3) is 0 Å². The van der Waals surface area contributed by atoms with E-state index < -0.39 is 0 Å². The van der Waals surface area contributed by atoms with Gasteiger partial charge in [0.2, 0.25) is 5.91 Å². The lowest BCUT2D eigenvalue weighted by Crippen LogP contribution is -2.27. The highest BCUT2D eigenvalue weighted by Crippen LogP contribution is 2.27. The van der Waals surface area contributed by atoms with Crippen molar-refractivity contribution in [2.24, 2.45) is 5.92 Å². The summed E-state index contributed by atoms with van der Waals surface area (Å²) >= 11 is 0. The number of hydrogen-bond acceptors (Lipinski definition) is 4. The lowest BCUT2D eigenvalue weighted by atomic mass is 9.88. The number of fused-ring (bicyclic) bond motifs is 1. The molecular weight excluding hydrogens is 424 g/mol. The largest absolute Gasteiger partial charge is 0.355 e. The molecule has 0 spiro atoms. The summed E-state index contributed by atoms with van der Waals surface area (Å²) in [5.74, 6) is 0.144. The lowest BCUT2D eigenvalue weighted by molar-refractivity contribution is -0.125. The molecule has 0 bridgehead atoms. The fourth-order valence-electron chi connectivity index (χ4n) is 4.27. The standard InChI is InChI=1S/C28H26N4O2/c33-24-13-10-20(11-14-24)28(34)30-22-8-4-7-21(17-22)29-23-12-15-25-26(31-32-27(25)18-23)16-9-19-5-2-1-3-6-19/h1-9,12,15-18,20,29H,10-11,13-14H2,(H,30,34)(H,31,32)/b16-9+. The minimum absolute atomic E-state index is 0.0142. The lowest BCUT2D eigenvalue weighted by Gasteiger charge is -2.20. The number of anilines is 3. The van der Waals surface area contributed by atoms with Crippen LogP contribution in [-0.2, 0) is 9.59 Å². The van der Waals surface area contributed by atoms with Gasteiger partial charge in [-0.3, -0.25) is 14.7 Å². The van der Waals surface area contributed by atoms with E-state index in [0.717, 1.165) is 39.2 Å². The Labute approximate surface area is 198 Å². The van der Waals surface area contributed by atoms with Crippen LogP contribution >= 0.6 is 0 Å². The number of H-pyrrole nitrogens is 1. The van der Waals surface area contributed by atoms with Gasteiger partial charge in [0.05, 0.1) is 11.2 Å². The third kappa shape index (κ3) is 5.07. The summed E-state index contributed by atoms with van der Waals surface area (Å²) in [5.41, 5.74) is 5.49. The maximum atomic E-state index is 12.6. The van der Waals surface area contributed by atoms with Crippen molar-refractivity contribution in [3.05, 3.63) is 84.1 Å². The van der Waals surface area contributed by atoms with Crippen LogP contribution in [0.25, 0.3) is 23.1 Å². The van der Waals surface area contributed by atoms with E-state index in [1.54, 1.807) is 0 Å². The number of carbonyl (C=O) groups excluding carboxylic acids is 2. The molecule has 4 aromatic rings. The monoisotopic (exact) mass is 450 g/mol. The van der Waals surface area contributed by atoms with Crippen molar-refractivity contribution in [3.63, 3.8) is 0 Å². The fourth-order valence-corrected chi connectivity index (χ4v) is 4.27. The molecule has 0 atom stereocenters. The van der Waals surface area contributed by atoms with Crippen LogP contribution in [0.15, 0.2) is 72.8 Å². The number of ketones is 1. The first-order valence-corrected chi connectivity index (χ1v) is 11.5. The summed E-state index contributed by atoms with van der Waals surface area (Å²) in [7, 11) is 0. The smallest absolute Gasteiger partial charge is 0.227 e. The van der Waals surface area contributed by atoms with Crippen LogP contribution in [0.4, 0.5) is 17.1 Å². The average molecular weight is 451 g/mol. The average Bonchev–Trinajstić information content (AvgIpc) is 3.26. The molecule has 6 nitrogen and oxygen atoms in total. The van der Waals surface area contributed by atoms with E-state index in [2.05, 4.69) is 33.0 Å². The van der Waals surface area contributed by atoms with E-state index in [9.17, 15) is 9.59 Å². The Balaban J connectivity index is 1.26. The molecule has 1 saturated carbocycles. The van der Waals surface area contributed by atoms with Gasteiger partial charge in [0.1, 0.15) is 5.78 Å². The molecule has 0 aliphatic heterocycles. The van der Waals surface area contributed by atoms with Gasteiger partial charge in [-0.2, -0.15) is 5.10 Å². The van der Waals surface area contributed by atoms with E-state index in [1.165, 1.54) is 0 Å². The number of carbonyl (C=O) groups is 2. The normalized spacial score (nSPS) is 14.5. The molecular formula is C28H26N4O2. The van der Waals surface area contributed by atoms with Crippen LogP contribution < -0.4 is 10.6 Å². The van der Waals surface area contributed by atoms with Gasteiger partial charge in [-0.15, -0.1) is 0 Å². The Kier molecular flexibility index (Phi) is 6.21. The number of aromatic nitrogens is 2. The number of benzene rings is 3. The van der Waals surface area contributed by atoms with Crippen molar-refractivity contribution < 1.29 is 9.59 Å². The summed E-state index contributed by atoms with van der Waals surface area (Å²) < 4.78 is 0. The molecule has 3 aromatic carbocycles. The van der Waals surface area contributed by atoms with E-state index in [0.29, 0.717) is 25.7 Å². The minimum Gasteiger partial charge on any atom is -0.355 e. The zero-order valence-electron chi connectivity index (χ0n) is 18.8. The first kappa shape index (κ1) is 21.6. The molecule has 3 N–H and O–H groups in total. The summed E-state index contributed by atoms with van der Waals surface area (Å²) in [6.45, 7) is 0. The molecule has 5 rings (SSSR count). The highest BCUT2D eigenvalue weighted by molar-refractivity contribution is 5.95. The third-order valence-electron chi connectivity index (χ3n) is 6.16. The molecule has 1 fully saturated rings. The van der Waals surface area contributed by atoms with Crippen molar-refractivity contribution in [3.8, 4) is 0 Å². The number of amides is 1. The second-order valence-corrected chi connectivity index (χ2v) is 8.62. The van der Waals surface area contributed by atoms with Crippen LogP contribution in [0.1, 0.15) is 36.9 Å². The zero-order chi connectivity index (χ0) is 23.3. The number of nitrogens with one attached hydrogen (secondary N) is 3. The molecule has 6 heteroatoms. The quantitative estimate of drug-likeness (QED) is 0.328. The molecule has 1 heterocycles. The van der Waals surface area contributed by atoms with Crippen LogP contribution in [-0.4, -0.2) is 21.9 Å². The molecule has 1 aliphatic rings. The predicted molar refractivity (Wildman–Crippen MR) is 137 cm³/mol. The van der Waals surface area contributed by atoms with Crippen molar-refractivity contribution in [1.82, 2.24) is 10.2 Å². The third-order valence-corrected chi connectivity index (χ3v) is 6.16. The van der Waals surface area contributed by atoms with Crippen molar-refractivity contribution in [2.75, 3.05) is 10.6 Å². The molecule has 0 saturated heterocycles. The van der Waals surface area contributed by atoms with Crippen molar-refractivity contribution in [2.45, 2.75) is 25.7 Å². The highest BCUT2D eigenvalue weighted by Gasteiger charge is 2.24. The van der Waals surface area contributed by atoms with Crippen LogP contribution in [0, 0.1) is 5.92 Å². The topological polar surface area (TPSA) is 86.9 Å². The Morgan fingerprint density at radius 2 is 1.65 bits per heavy atom. The van der Waals surface area contributed by atoms with Gasteiger partial charge >= 0.3 is 0 Å². The molecule has 0 radical (unpaired) electrons. The van der Waals surface area contributed by atoms with Gasteiger partial charge in [-0.25, -0.2) is 0 Å². The zero-order valence-corrected chi connectivity index (χ0v) is 18.8. The minimum atomic E-state index is -0.0952. The van der Waals surface area contributed by atoms with Gasteiger partial charge in [-0.05, 0) is 60.9 Å². The summed E-state index contributed by atoms with van der Waals surface area (Å²) in [6, 6.07) is 23.9. The van der Waals surface area contributed by atoms with Gasteiger partial charge < -0.3 is 10.6 Å². The molecule has 170 valence electrons. The number of nitrogens with zero attached hydrogens (tertiary/aromatic N) is 1. The van der Waals surface area contributed by atoms with Gasteiger partial charge in [-0.1, -0.05) is 42.5 Å². The van der Waals surface area contributed by atoms with Crippen molar-refractivity contribution in [1.29, 1.82) is 0 Å². The van der Waals surface area contributed by atoms with Gasteiger partial charge in [0.15, 0.2) is 0 Å². The number of rotatable bonds is 6. The van der Waals surface area contributed by atoms with E-state index >= 15 is 0 Å². The summed E-state index contributed by atoms with van der Waals surface area (Å²) in [6.07, 6.45) is 6.33. The molecule has 0 unspecified atom stereocenters. The Bertz CT molecular complexity index is 1350. The van der Waals surface area contributed by atoms with E-state index in [1.807, 2.05) is 72.8 Å². The number of aromatic amines is 1. The Morgan fingerprint density at radius 3 is 2.47 bits per heavy atom. The predicted octanol–water partition coefficient (Wildman–Crippen LogP) is 6.17. The molecule has 1 aliphatic carbocycles. The van der Waals surface area contributed by atoms with Crippen molar-refractivity contribution >= 4 is 51.8 Å². The first-order chi connectivity index (χ1) is 16.6. The molecule has 34 heavy (non-hydrogen) atoms. The van der Waals surface area contributed by atoms with Crippen LogP contribution in [0.2, 0.25) is 0 Å². The van der Waals surface area contributed by atoms with E-state index in [-0.39, 0.29) is 17.6 Å². The first-order valence-electron chi connectivity index (χ1n) is 11.5. The maximum absolute atomic E-state index is 12.6. The Morgan fingerprint density at radius 1 is 0.882 bits per heavy atom. The van der Waals surface area contributed by atoms with Gasteiger partial charge in [0, 0.05) is 41.2 Å². The SMILES string of the molecule is O=C1CCC(C(=O)Nc2cccc(Nc3ccc4c(/C=C/c5ccccc5)n[nH]c4c3)c2)CC1. The molecule has 1 amide bonds. The van der Waals surface area contributed by atoms with Crippen LogP contribution in [0.5, 0.6) is 0 Å². The number of Topliss-reactive ketones (excluding diaryl/α,β-unsaturated/α-hetero) is 1. The fraction of sp³-hybridized carbons (Fsp3) is 0.179. The molecule has 1 aromatic heterocycles. The highest BCUT2D eigenvalue weighted by atomic mass is 16.2. The summed E-state index contributed by atoms with van der Waals surface area (Å²) in [5, 5.41) is 15.0. The Hall–Kier alpha value is -4.19. The number of hydrogen-bond donors (Lipinski definition) is 3.